The van der Waals surface area contributed by atoms with E-state index in [2.05, 4.69) is 18.7 Å². The lowest BCUT2D eigenvalue weighted by Gasteiger charge is -2.38. The summed E-state index contributed by atoms with van der Waals surface area (Å²) in [6, 6.07) is 0.385. The first kappa shape index (κ1) is 9.52. The van der Waals surface area contributed by atoms with E-state index < -0.39 is 0 Å². The Bertz CT molecular complexity index is 170. The number of piperazine rings is 1. The molecule has 0 aromatic rings. The zero-order valence-corrected chi connectivity index (χ0v) is 8.21. The molecule has 1 atom stereocenters. The third-order valence-electron chi connectivity index (χ3n) is 2.56. The van der Waals surface area contributed by atoms with Gasteiger partial charge in [0.05, 0.1) is 0 Å². The zero-order chi connectivity index (χ0) is 9.14. The van der Waals surface area contributed by atoms with Crippen LogP contribution in [0.25, 0.3) is 0 Å². The van der Waals surface area contributed by atoms with Crippen LogP contribution in [0.2, 0.25) is 0 Å². The molecule has 3 heteroatoms. The number of nitrogens with zero attached hydrogens (tertiary/aromatic N) is 2. The molecule has 0 aliphatic carbocycles. The summed E-state index contributed by atoms with van der Waals surface area (Å²) in [6.07, 6.45) is 0. The quantitative estimate of drug-likeness (QED) is 0.574. The molecule has 1 rings (SSSR count). The number of rotatable bonds is 1. The fourth-order valence-electron chi connectivity index (χ4n) is 1.79. The predicted octanol–water partition coefficient (Wildman–Crippen LogP) is 0.559. The normalized spacial score (nSPS) is 25.9. The smallest absolute Gasteiger partial charge is 0.219 e. The largest absolute Gasteiger partial charge is 0.338 e. The van der Waals surface area contributed by atoms with E-state index in [0.29, 0.717) is 6.04 Å². The van der Waals surface area contributed by atoms with E-state index in [1.807, 2.05) is 4.90 Å². The molecule has 70 valence electrons. The number of carbonyl (C=O) groups excluding carboxylic acids is 1. The second kappa shape index (κ2) is 3.90. The standard InChI is InChI=1S/C9H18N2O/c1-4-10-5-6-11(9(3)12)8(2)7-10/h8H,4-7H2,1-3H3/t8-/m0/s1. The molecule has 0 N–H and O–H groups in total. The van der Waals surface area contributed by atoms with Crippen LogP contribution in [0.3, 0.4) is 0 Å². The molecular formula is C9H18N2O. The molecule has 1 amide bonds. The van der Waals surface area contributed by atoms with Crippen LogP contribution < -0.4 is 0 Å². The van der Waals surface area contributed by atoms with Crippen molar-refractivity contribution in [2.45, 2.75) is 26.8 Å². The van der Waals surface area contributed by atoms with E-state index in [1.54, 1.807) is 6.92 Å². The van der Waals surface area contributed by atoms with E-state index in [1.165, 1.54) is 0 Å². The molecule has 0 spiro atoms. The molecule has 1 aliphatic rings. The van der Waals surface area contributed by atoms with Gasteiger partial charge < -0.3 is 4.90 Å². The minimum absolute atomic E-state index is 0.207. The Balaban J connectivity index is 2.47. The molecule has 0 bridgehead atoms. The van der Waals surface area contributed by atoms with Gasteiger partial charge in [0.1, 0.15) is 0 Å². The highest BCUT2D eigenvalue weighted by atomic mass is 16.2. The van der Waals surface area contributed by atoms with E-state index in [4.69, 9.17) is 0 Å². The van der Waals surface area contributed by atoms with Crippen LogP contribution >= 0.6 is 0 Å². The highest BCUT2D eigenvalue weighted by Crippen LogP contribution is 2.08. The molecule has 0 radical (unpaired) electrons. The number of amides is 1. The van der Waals surface area contributed by atoms with Crippen molar-refractivity contribution in [1.82, 2.24) is 9.80 Å². The van der Waals surface area contributed by atoms with Crippen LogP contribution in [0.1, 0.15) is 20.8 Å². The maximum absolute atomic E-state index is 11.1. The van der Waals surface area contributed by atoms with E-state index in [0.717, 1.165) is 26.2 Å². The number of hydrogen-bond acceptors (Lipinski definition) is 2. The van der Waals surface area contributed by atoms with Gasteiger partial charge in [-0.2, -0.15) is 0 Å². The van der Waals surface area contributed by atoms with Gasteiger partial charge in [-0.3, -0.25) is 9.69 Å². The number of hydrogen-bond donors (Lipinski definition) is 0. The first-order valence-corrected chi connectivity index (χ1v) is 4.64. The van der Waals surface area contributed by atoms with Gasteiger partial charge in [0.2, 0.25) is 5.91 Å². The maximum atomic E-state index is 11.1. The van der Waals surface area contributed by atoms with Crippen LogP contribution in [-0.2, 0) is 4.79 Å². The average Bonchev–Trinajstić information content (AvgIpc) is 2.03. The molecule has 1 saturated heterocycles. The van der Waals surface area contributed by atoms with Crippen LogP contribution in [0.15, 0.2) is 0 Å². The molecule has 1 fully saturated rings. The molecule has 3 nitrogen and oxygen atoms in total. The van der Waals surface area contributed by atoms with Crippen molar-refractivity contribution >= 4 is 5.91 Å². The van der Waals surface area contributed by atoms with Crippen LogP contribution in [0.4, 0.5) is 0 Å². The lowest BCUT2D eigenvalue weighted by molar-refractivity contribution is -0.133. The molecule has 12 heavy (non-hydrogen) atoms. The summed E-state index contributed by atoms with van der Waals surface area (Å²) in [7, 11) is 0. The van der Waals surface area contributed by atoms with Crippen molar-refractivity contribution < 1.29 is 4.79 Å². The van der Waals surface area contributed by atoms with Crippen LogP contribution in [0, 0.1) is 0 Å². The molecule has 1 aliphatic heterocycles. The van der Waals surface area contributed by atoms with Gasteiger partial charge in [-0.1, -0.05) is 6.92 Å². The summed E-state index contributed by atoms with van der Waals surface area (Å²) in [5.41, 5.74) is 0. The Morgan fingerprint density at radius 2 is 2.17 bits per heavy atom. The van der Waals surface area contributed by atoms with E-state index >= 15 is 0 Å². The lowest BCUT2D eigenvalue weighted by Crippen LogP contribution is -2.53. The lowest BCUT2D eigenvalue weighted by atomic mass is 10.2. The summed E-state index contributed by atoms with van der Waals surface area (Å²) >= 11 is 0. The molecule has 0 unspecified atom stereocenters. The Labute approximate surface area is 74.3 Å². The van der Waals surface area contributed by atoms with Gasteiger partial charge in [0.15, 0.2) is 0 Å². The third kappa shape index (κ3) is 1.97. The molecule has 1 heterocycles. The molecular weight excluding hydrogens is 152 g/mol. The maximum Gasteiger partial charge on any atom is 0.219 e. The highest BCUT2D eigenvalue weighted by molar-refractivity contribution is 5.73. The molecule has 0 aromatic carbocycles. The Morgan fingerprint density at radius 3 is 2.58 bits per heavy atom. The number of carbonyl (C=O) groups is 1. The summed E-state index contributed by atoms with van der Waals surface area (Å²) in [4.78, 5) is 15.4. The first-order valence-electron chi connectivity index (χ1n) is 4.64. The fourth-order valence-corrected chi connectivity index (χ4v) is 1.79. The Morgan fingerprint density at radius 1 is 1.50 bits per heavy atom. The predicted molar refractivity (Wildman–Crippen MR) is 49.0 cm³/mol. The Kier molecular flexibility index (Phi) is 3.09. The summed E-state index contributed by atoms with van der Waals surface area (Å²) in [5, 5.41) is 0. The average molecular weight is 170 g/mol. The van der Waals surface area contributed by atoms with Crippen molar-refractivity contribution in [2.24, 2.45) is 0 Å². The second-order valence-electron chi connectivity index (χ2n) is 3.45. The van der Waals surface area contributed by atoms with Crippen molar-refractivity contribution in [3.63, 3.8) is 0 Å². The van der Waals surface area contributed by atoms with Crippen molar-refractivity contribution in [1.29, 1.82) is 0 Å². The monoisotopic (exact) mass is 170 g/mol. The van der Waals surface area contributed by atoms with Crippen LogP contribution in [0.5, 0.6) is 0 Å². The van der Waals surface area contributed by atoms with Gasteiger partial charge >= 0.3 is 0 Å². The Hall–Kier alpha value is -0.570. The van der Waals surface area contributed by atoms with Gasteiger partial charge in [-0.05, 0) is 13.5 Å². The minimum atomic E-state index is 0.207. The van der Waals surface area contributed by atoms with Crippen molar-refractivity contribution in [2.75, 3.05) is 26.2 Å². The van der Waals surface area contributed by atoms with Gasteiger partial charge in [-0.15, -0.1) is 0 Å². The summed E-state index contributed by atoms with van der Waals surface area (Å²) < 4.78 is 0. The summed E-state index contributed by atoms with van der Waals surface area (Å²) in [6.45, 7) is 9.97. The van der Waals surface area contributed by atoms with E-state index in [9.17, 15) is 4.79 Å². The molecule has 0 aromatic heterocycles. The van der Waals surface area contributed by atoms with E-state index in [-0.39, 0.29) is 5.91 Å². The third-order valence-corrected chi connectivity index (χ3v) is 2.56. The first-order chi connectivity index (χ1) is 5.65. The fraction of sp³-hybridized carbons (Fsp3) is 0.889. The van der Waals surface area contributed by atoms with Crippen molar-refractivity contribution in [3.8, 4) is 0 Å². The topological polar surface area (TPSA) is 23.6 Å². The summed E-state index contributed by atoms with van der Waals surface area (Å²) in [5.74, 6) is 0.207. The van der Waals surface area contributed by atoms with Gasteiger partial charge in [0, 0.05) is 32.6 Å². The van der Waals surface area contributed by atoms with Gasteiger partial charge in [0.25, 0.3) is 0 Å². The highest BCUT2D eigenvalue weighted by Gasteiger charge is 2.23. The SMILES string of the molecule is CCN1CCN(C(C)=O)[C@@H](C)C1. The van der Waals surface area contributed by atoms with Crippen molar-refractivity contribution in [3.05, 3.63) is 0 Å². The zero-order valence-electron chi connectivity index (χ0n) is 8.21. The molecule has 0 saturated carbocycles. The number of likely N-dealkylation sites (N-methyl/N-ethyl adjacent to an activating group) is 1. The van der Waals surface area contributed by atoms with Gasteiger partial charge in [-0.25, -0.2) is 0 Å². The minimum Gasteiger partial charge on any atom is -0.338 e. The second-order valence-corrected chi connectivity index (χ2v) is 3.45. The van der Waals surface area contributed by atoms with Crippen LogP contribution in [-0.4, -0.2) is 47.9 Å².